The van der Waals surface area contributed by atoms with E-state index in [0.29, 0.717) is 13.1 Å². The fraction of sp³-hybridized carbons (Fsp3) is 0.625. The van der Waals surface area contributed by atoms with Crippen LogP contribution in [0, 0.1) is 0 Å². The Balaban J connectivity index is 1.81. The lowest BCUT2D eigenvalue weighted by atomic mass is 10.1. The number of hydrogen-bond acceptors (Lipinski definition) is 6. The molecule has 0 radical (unpaired) electrons. The lowest BCUT2D eigenvalue weighted by Crippen LogP contribution is -2.45. The molecule has 124 valence electrons. The Morgan fingerprint density at radius 1 is 1.09 bits per heavy atom. The van der Waals surface area contributed by atoms with Gasteiger partial charge in [-0.2, -0.15) is 0 Å². The van der Waals surface area contributed by atoms with Crippen LogP contribution in [0.5, 0.6) is 0 Å². The molecule has 2 rings (SSSR count). The highest BCUT2D eigenvalue weighted by Gasteiger charge is 2.17. The molecule has 0 bridgehead atoms. The first-order chi connectivity index (χ1) is 10.6. The summed E-state index contributed by atoms with van der Waals surface area (Å²) in [5.74, 6) is 0. The summed E-state index contributed by atoms with van der Waals surface area (Å²) in [5.41, 5.74) is 1.76. The minimum Gasteiger partial charge on any atom is -0.394 e. The smallest absolute Gasteiger partial charge is 0.0942 e. The third-order valence-corrected chi connectivity index (χ3v) is 4.08. The van der Waals surface area contributed by atoms with Crippen molar-refractivity contribution in [1.82, 2.24) is 9.80 Å². The van der Waals surface area contributed by atoms with Crippen molar-refractivity contribution in [2.24, 2.45) is 0 Å². The topological polar surface area (TPSA) is 79.2 Å². The second-order valence-electron chi connectivity index (χ2n) is 5.96. The third-order valence-electron chi connectivity index (χ3n) is 4.08. The number of benzene rings is 1. The van der Waals surface area contributed by atoms with Gasteiger partial charge in [-0.3, -0.25) is 4.90 Å². The van der Waals surface area contributed by atoms with Crippen LogP contribution in [0.4, 0.5) is 5.69 Å². The number of aliphatic hydroxyl groups excluding tert-OH is 3. The lowest BCUT2D eigenvalue weighted by molar-refractivity contribution is 0.0805. The fourth-order valence-corrected chi connectivity index (χ4v) is 2.50. The molecule has 2 unspecified atom stereocenters. The van der Waals surface area contributed by atoms with Gasteiger partial charge in [-0.05, 0) is 24.7 Å². The van der Waals surface area contributed by atoms with Gasteiger partial charge in [0.05, 0.1) is 18.8 Å². The molecule has 1 aliphatic rings. The molecule has 6 nitrogen and oxygen atoms in total. The van der Waals surface area contributed by atoms with E-state index in [1.54, 1.807) is 0 Å². The van der Waals surface area contributed by atoms with Crippen LogP contribution in [0.15, 0.2) is 24.3 Å². The van der Waals surface area contributed by atoms with Gasteiger partial charge in [-0.1, -0.05) is 12.1 Å². The molecule has 1 heterocycles. The molecule has 0 aliphatic carbocycles. The molecule has 0 aromatic heterocycles. The Bertz CT molecular complexity index is 433. The van der Waals surface area contributed by atoms with Crippen LogP contribution in [-0.4, -0.2) is 84.1 Å². The van der Waals surface area contributed by atoms with E-state index >= 15 is 0 Å². The van der Waals surface area contributed by atoms with E-state index in [4.69, 9.17) is 5.11 Å². The summed E-state index contributed by atoms with van der Waals surface area (Å²) in [6.07, 6.45) is -1.25. The highest BCUT2D eigenvalue weighted by molar-refractivity contribution is 5.45. The Kier molecular flexibility index (Phi) is 6.60. The number of anilines is 1. The van der Waals surface area contributed by atoms with Gasteiger partial charge < -0.3 is 25.5 Å². The number of nitrogens with one attached hydrogen (secondary N) is 1. The van der Waals surface area contributed by atoms with Gasteiger partial charge in [0, 0.05) is 45.0 Å². The van der Waals surface area contributed by atoms with E-state index in [1.807, 2.05) is 24.3 Å². The monoisotopic (exact) mass is 309 g/mol. The summed E-state index contributed by atoms with van der Waals surface area (Å²) in [4.78, 5) is 4.58. The molecule has 1 fully saturated rings. The highest BCUT2D eigenvalue weighted by atomic mass is 16.3. The van der Waals surface area contributed by atoms with Gasteiger partial charge in [-0.15, -0.1) is 0 Å². The highest BCUT2D eigenvalue weighted by Crippen LogP contribution is 2.18. The maximum atomic E-state index is 10.3. The van der Waals surface area contributed by atoms with E-state index in [9.17, 15) is 10.2 Å². The number of β-amino-alcohol motifs (C(OH)–C–C–N with tert-alkyl or cyclic N) is 1. The minimum absolute atomic E-state index is 0.255. The second-order valence-corrected chi connectivity index (χ2v) is 5.96. The van der Waals surface area contributed by atoms with Gasteiger partial charge in [0.2, 0.25) is 0 Å². The van der Waals surface area contributed by atoms with Gasteiger partial charge in [0.25, 0.3) is 0 Å². The lowest BCUT2D eigenvalue weighted by Gasteiger charge is -2.33. The molecule has 2 atom stereocenters. The first kappa shape index (κ1) is 17.2. The van der Waals surface area contributed by atoms with Crippen LogP contribution in [0.25, 0.3) is 0 Å². The van der Waals surface area contributed by atoms with Gasteiger partial charge >= 0.3 is 0 Å². The molecular weight excluding hydrogens is 282 g/mol. The normalized spacial score (nSPS) is 19.8. The Morgan fingerprint density at radius 3 is 2.32 bits per heavy atom. The van der Waals surface area contributed by atoms with Crippen molar-refractivity contribution in [2.75, 3.05) is 58.2 Å². The predicted octanol–water partition coefficient (Wildman–Crippen LogP) is -0.267. The van der Waals surface area contributed by atoms with Crippen molar-refractivity contribution >= 4 is 5.69 Å². The largest absolute Gasteiger partial charge is 0.394 e. The Morgan fingerprint density at radius 2 is 1.73 bits per heavy atom. The van der Waals surface area contributed by atoms with Crippen molar-refractivity contribution in [1.29, 1.82) is 0 Å². The fourth-order valence-electron chi connectivity index (χ4n) is 2.50. The maximum Gasteiger partial charge on any atom is 0.0942 e. The van der Waals surface area contributed by atoms with Crippen LogP contribution in [0.1, 0.15) is 11.7 Å². The van der Waals surface area contributed by atoms with Crippen molar-refractivity contribution in [2.45, 2.75) is 12.2 Å². The molecule has 1 saturated heterocycles. The summed E-state index contributed by atoms with van der Waals surface area (Å²) in [6.45, 7) is 4.78. The number of hydrogen-bond donors (Lipinski definition) is 4. The van der Waals surface area contributed by atoms with Crippen LogP contribution >= 0.6 is 0 Å². The first-order valence-electron chi connectivity index (χ1n) is 7.80. The number of nitrogens with zero attached hydrogens (tertiary/aromatic N) is 2. The summed E-state index contributed by atoms with van der Waals surface area (Å²) < 4.78 is 0. The quantitative estimate of drug-likeness (QED) is 0.555. The molecule has 4 N–H and O–H groups in total. The Labute approximate surface area is 132 Å². The van der Waals surface area contributed by atoms with Gasteiger partial charge in [0.1, 0.15) is 0 Å². The van der Waals surface area contributed by atoms with E-state index < -0.39 is 12.2 Å². The van der Waals surface area contributed by atoms with Crippen LogP contribution in [0.2, 0.25) is 0 Å². The molecule has 0 amide bonds. The summed E-state index contributed by atoms with van der Waals surface area (Å²) in [6, 6.07) is 7.56. The van der Waals surface area contributed by atoms with Crippen LogP contribution < -0.4 is 5.32 Å². The SMILES string of the molecule is CN1CCN(CC(O)c2ccc(NCC(O)CO)cc2)CC1. The Hall–Kier alpha value is -1.18. The maximum absolute atomic E-state index is 10.3. The molecule has 0 saturated carbocycles. The van der Waals surface area contributed by atoms with Crippen LogP contribution in [-0.2, 0) is 0 Å². The zero-order valence-corrected chi connectivity index (χ0v) is 13.1. The van der Waals surface area contributed by atoms with E-state index in [2.05, 4.69) is 22.2 Å². The predicted molar refractivity (Wildman–Crippen MR) is 86.9 cm³/mol. The van der Waals surface area contributed by atoms with Crippen molar-refractivity contribution < 1.29 is 15.3 Å². The second kappa shape index (κ2) is 8.45. The third kappa shape index (κ3) is 5.23. The van der Waals surface area contributed by atoms with Crippen molar-refractivity contribution in [3.05, 3.63) is 29.8 Å². The number of likely N-dealkylation sites (N-methyl/N-ethyl adjacent to an activating group) is 1. The summed E-state index contributed by atoms with van der Waals surface area (Å²) in [5, 5.41) is 31.4. The number of piperazine rings is 1. The molecular formula is C16H27N3O3. The van der Waals surface area contributed by atoms with Crippen molar-refractivity contribution in [3.63, 3.8) is 0 Å². The van der Waals surface area contributed by atoms with E-state index in [0.717, 1.165) is 37.4 Å². The standard InChI is InChI=1S/C16H27N3O3/c1-18-6-8-19(9-7-18)11-16(22)13-2-4-14(5-3-13)17-10-15(21)12-20/h2-5,15-17,20-22H,6-12H2,1H3. The molecule has 1 aliphatic heterocycles. The molecule has 0 spiro atoms. The minimum atomic E-state index is -0.762. The molecule has 1 aromatic carbocycles. The number of rotatable bonds is 7. The molecule has 6 heteroatoms. The zero-order chi connectivity index (χ0) is 15.9. The first-order valence-corrected chi connectivity index (χ1v) is 7.80. The van der Waals surface area contributed by atoms with E-state index in [1.165, 1.54) is 0 Å². The van der Waals surface area contributed by atoms with Gasteiger partial charge in [-0.25, -0.2) is 0 Å². The van der Waals surface area contributed by atoms with E-state index in [-0.39, 0.29) is 6.61 Å². The molecule has 1 aromatic rings. The van der Waals surface area contributed by atoms with Gasteiger partial charge in [0.15, 0.2) is 0 Å². The number of aliphatic hydroxyl groups is 3. The molecule has 22 heavy (non-hydrogen) atoms. The van der Waals surface area contributed by atoms with Crippen molar-refractivity contribution in [3.8, 4) is 0 Å². The van der Waals surface area contributed by atoms with Crippen LogP contribution in [0.3, 0.4) is 0 Å². The zero-order valence-electron chi connectivity index (χ0n) is 13.1. The summed E-state index contributed by atoms with van der Waals surface area (Å²) >= 11 is 0. The average molecular weight is 309 g/mol. The summed E-state index contributed by atoms with van der Waals surface area (Å²) in [7, 11) is 2.12. The average Bonchev–Trinajstić information content (AvgIpc) is 2.55.